The van der Waals surface area contributed by atoms with Crippen molar-refractivity contribution in [2.24, 2.45) is 0 Å². The molecule has 0 spiro atoms. The van der Waals surface area contributed by atoms with E-state index in [1.807, 2.05) is 35.8 Å². The molecule has 0 radical (unpaired) electrons. The van der Waals surface area contributed by atoms with Crippen molar-refractivity contribution in [2.45, 2.75) is 25.5 Å². The lowest BCUT2D eigenvalue weighted by molar-refractivity contribution is -0.384. The Labute approximate surface area is 184 Å². The van der Waals surface area contributed by atoms with Gasteiger partial charge in [0.2, 0.25) is 5.91 Å². The van der Waals surface area contributed by atoms with Crippen molar-refractivity contribution in [3.63, 3.8) is 0 Å². The number of nitrogens with zero attached hydrogens (tertiary/aromatic N) is 4. The summed E-state index contributed by atoms with van der Waals surface area (Å²) in [6.45, 7) is 4.75. The molecule has 0 unspecified atom stereocenters. The molecule has 0 saturated carbocycles. The molecule has 0 aliphatic heterocycles. The van der Waals surface area contributed by atoms with Crippen LogP contribution in [0.5, 0.6) is 0 Å². The molecule has 0 atom stereocenters. The zero-order chi connectivity index (χ0) is 22.4. The van der Waals surface area contributed by atoms with E-state index in [4.69, 9.17) is 4.74 Å². The van der Waals surface area contributed by atoms with E-state index in [2.05, 4.69) is 15.5 Å². The quantitative estimate of drug-likeness (QED) is 0.305. The average Bonchev–Trinajstić information content (AvgIpc) is 3.14. The summed E-state index contributed by atoms with van der Waals surface area (Å²) in [6.07, 6.45) is 0. The minimum atomic E-state index is -0.509. The Bertz CT molecular complexity index is 1100. The van der Waals surface area contributed by atoms with Crippen LogP contribution in [0.4, 0.5) is 11.4 Å². The van der Waals surface area contributed by atoms with Crippen LogP contribution in [0.1, 0.15) is 11.1 Å². The van der Waals surface area contributed by atoms with Crippen molar-refractivity contribution in [3.8, 4) is 11.4 Å². The number of aromatic nitrogens is 3. The normalized spacial score (nSPS) is 10.8. The molecule has 1 N–H and O–H groups in total. The molecule has 31 heavy (non-hydrogen) atoms. The van der Waals surface area contributed by atoms with Crippen LogP contribution in [-0.2, 0) is 16.1 Å². The summed E-state index contributed by atoms with van der Waals surface area (Å²) in [5.41, 5.74) is 2.81. The number of nitro groups is 1. The number of hydrogen-bond donors (Lipinski definition) is 1. The van der Waals surface area contributed by atoms with E-state index in [1.54, 1.807) is 20.1 Å². The Morgan fingerprint density at radius 1 is 1.19 bits per heavy atom. The Morgan fingerprint density at radius 3 is 2.68 bits per heavy atom. The van der Waals surface area contributed by atoms with Crippen LogP contribution in [0, 0.1) is 24.0 Å². The molecule has 1 aromatic heterocycles. The maximum Gasteiger partial charge on any atom is 0.293 e. The zero-order valence-corrected chi connectivity index (χ0v) is 18.3. The summed E-state index contributed by atoms with van der Waals surface area (Å²) >= 11 is 1.21. The number of amides is 1. The lowest BCUT2D eigenvalue weighted by Gasteiger charge is -2.10. The highest BCUT2D eigenvalue weighted by atomic mass is 32.2. The van der Waals surface area contributed by atoms with Crippen LogP contribution in [-0.4, -0.2) is 45.1 Å². The molecule has 162 valence electrons. The number of carbonyl (C=O) groups is 1. The Hall–Kier alpha value is -3.24. The van der Waals surface area contributed by atoms with Gasteiger partial charge >= 0.3 is 0 Å². The van der Waals surface area contributed by atoms with E-state index in [0.29, 0.717) is 24.1 Å². The number of anilines is 1. The van der Waals surface area contributed by atoms with E-state index in [1.165, 1.54) is 23.9 Å². The second-order valence-corrected chi connectivity index (χ2v) is 7.88. The number of methoxy groups -OCH3 is 1. The fourth-order valence-electron chi connectivity index (χ4n) is 2.99. The first-order chi connectivity index (χ1) is 14.9. The van der Waals surface area contributed by atoms with Gasteiger partial charge in [-0.3, -0.25) is 19.5 Å². The third-order valence-corrected chi connectivity index (χ3v) is 5.44. The van der Waals surface area contributed by atoms with Gasteiger partial charge in [-0.1, -0.05) is 41.6 Å². The van der Waals surface area contributed by atoms with Crippen LogP contribution in [0.25, 0.3) is 11.4 Å². The summed E-state index contributed by atoms with van der Waals surface area (Å²) in [4.78, 5) is 23.2. The first-order valence-corrected chi connectivity index (χ1v) is 10.5. The van der Waals surface area contributed by atoms with Crippen molar-refractivity contribution < 1.29 is 14.5 Å². The number of rotatable bonds is 9. The van der Waals surface area contributed by atoms with Gasteiger partial charge in [-0.2, -0.15) is 0 Å². The SMILES string of the molecule is COCCn1c(SCC(=O)Nc2ccc(C)cc2[N+](=O)[O-])nnc1-c1cccc(C)c1. The molecular formula is C21H23N5O4S. The molecule has 10 heteroatoms. The lowest BCUT2D eigenvalue weighted by Crippen LogP contribution is -2.16. The number of hydrogen-bond acceptors (Lipinski definition) is 7. The highest BCUT2D eigenvalue weighted by molar-refractivity contribution is 7.99. The van der Waals surface area contributed by atoms with Crippen LogP contribution in [0.15, 0.2) is 47.6 Å². The molecule has 3 rings (SSSR count). The van der Waals surface area contributed by atoms with E-state index in [9.17, 15) is 14.9 Å². The zero-order valence-electron chi connectivity index (χ0n) is 17.5. The van der Waals surface area contributed by atoms with E-state index >= 15 is 0 Å². The third kappa shape index (κ3) is 5.68. The number of carbonyl (C=O) groups excluding carboxylic acids is 1. The smallest absolute Gasteiger partial charge is 0.293 e. The van der Waals surface area contributed by atoms with Gasteiger partial charge in [0.15, 0.2) is 11.0 Å². The number of nitrogens with one attached hydrogen (secondary N) is 1. The molecule has 1 amide bonds. The average molecular weight is 442 g/mol. The highest BCUT2D eigenvalue weighted by Gasteiger charge is 2.18. The van der Waals surface area contributed by atoms with Gasteiger partial charge in [-0.05, 0) is 31.5 Å². The minimum absolute atomic E-state index is 0.0317. The molecule has 0 aliphatic rings. The highest BCUT2D eigenvalue weighted by Crippen LogP contribution is 2.27. The lowest BCUT2D eigenvalue weighted by atomic mass is 10.1. The van der Waals surface area contributed by atoms with E-state index in [0.717, 1.165) is 16.7 Å². The molecule has 2 aromatic carbocycles. The molecule has 3 aromatic rings. The fraction of sp³-hybridized carbons (Fsp3) is 0.286. The third-order valence-electron chi connectivity index (χ3n) is 4.47. The van der Waals surface area contributed by atoms with E-state index in [-0.39, 0.29) is 23.0 Å². The number of benzene rings is 2. The number of nitro benzene ring substituents is 1. The predicted molar refractivity (Wildman–Crippen MR) is 119 cm³/mol. The largest absolute Gasteiger partial charge is 0.383 e. The number of aryl methyl sites for hydroxylation is 2. The molecular weight excluding hydrogens is 418 g/mol. The fourth-order valence-corrected chi connectivity index (χ4v) is 3.76. The van der Waals surface area contributed by atoms with Crippen LogP contribution in [0.3, 0.4) is 0 Å². The van der Waals surface area contributed by atoms with Gasteiger partial charge in [-0.25, -0.2) is 0 Å². The maximum atomic E-state index is 12.5. The van der Waals surface area contributed by atoms with Crippen molar-refractivity contribution in [2.75, 3.05) is 24.8 Å². The molecule has 0 aliphatic carbocycles. The van der Waals surface area contributed by atoms with Gasteiger partial charge in [0, 0.05) is 18.7 Å². The topological polar surface area (TPSA) is 112 Å². The summed E-state index contributed by atoms with van der Waals surface area (Å²) in [7, 11) is 1.62. The van der Waals surface area contributed by atoms with Crippen LogP contribution >= 0.6 is 11.8 Å². The summed E-state index contributed by atoms with van der Waals surface area (Å²) in [6, 6.07) is 12.6. The van der Waals surface area contributed by atoms with E-state index < -0.39 is 4.92 Å². The van der Waals surface area contributed by atoms with Crippen molar-refractivity contribution in [1.82, 2.24) is 14.8 Å². The summed E-state index contributed by atoms with van der Waals surface area (Å²) < 4.78 is 7.11. The Morgan fingerprint density at radius 2 is 1.97 bits per heavy atom. The van der Waals surface area contributed by atoms with Gasteiger partial charge < -0.3 is 10.1 Å². The first-order valence-electron chi connectivity index (χ1n) is 9.56. The summed E-state index contributed by atoms with van der Waals surface area (Å²) in [5, 5.41) is 23.0. The molecule has 0 saturated heterocycles. The van der Waals surface area contributed by atoms with Crippen molar-refractivity contribution in [3.05, 3.63) is 63.7 Å². The van der Waals surface area contributed by atoms with Gasteiger partial charge in [0.1, 0.15) is 5.69 Å². The first kappa shape index (κ1) is 22.4. The Kier molecular flexibility index (Phi) is 7.37. The van der Waals surface area contributed by atoms with Crippen LogP contribution in [0.2, 0.25) is 0 Å². The predicted octanol–water partition coefficient (Wildman–Crippen LogP) is 3.85. The maximum absolute atomic E-state index is 12.5. The molecule has 1 heterocycles. The monoisotopic (exact) mass is 441 g/mol. The standard InChI is InChI=1S/C21H23N5O4S/c1-14-5-4-6-16(11-14)20-23-24-21(25(20)9-10-30-3)31-13-19(27)22-17-8-7-15(2)12-18(17)26(28)29/h4-8,11-12H,9-10,13H2,1-3H3,(H,22,27). The molecule has 9 nitrogen and oxygen atoms in total. The second kappa shape index (κ2) is 10.2. The van der Waals surface area contributed by atoms with Crippen molar-refractivity contribution in [1.29, 1.82) is 0 Å². The second-order valence-electron chi connectivity index (χ2n) is 6.93. The molecule has 0 fully saturated rings. The van der Waals surface area contributed by atoms with Gasteiger partial charge in [0.05, 0.1) is 23.8 Å². The van der Waals surface area contributed by atoms with Gasteiger partial charge in [0.25, 0.3) is 5.69 Å². The molecule has 0 bridgehead atoms. The Balaban J connectivity index is 1.75. The minimum Gasteiger partial charge on any atom is -0.383 e. The number of thioether (sulfide) groups is 1. The summed E-state index contributed by atoms with van der Waals surface area (Å²) in [5.74, 6) is 0.359. The van der Waals surface area contributed by atoms with Crippen molar-refractivity contribution >= 4 is 29.0 Å². The number of ether oxygens (including phenoxy) is 1. The van der Waals surface area contributed by atoms with Crippen LogP contribution < -0.4 is 5.32 Å². The van der Waals surface area contributed by atoms with Gasteiger partial charge in [-0.15, -0.1) is 10.2 Å².